The summed E-state index contributed by atoms with van der Waals surface area (Å²) < 4.78 is 0. The van der Waals surface area contributed by atoms with Gasteiger partial charge < -0.3 is 0 Å². The molecule has 0 fully saturated rings. The predicted octanol–water partition coefficient (Wildman–Crippen LogP) is 4.37. The molecule has 0 spiro atoms. The number of azo groups is 1. The summed E-state index contributed by atoms with van der Waals surface area (Å²) in [6, 6.07) is 15.8. The molecule has 1 aromatic heterocycles. The van der Waals surface area contributed by atoms with Gasteiger partial charge in [0.1, 0.15) is 10.9 Å². The Hall–Kier alpha value is -1.94. The van der Waals surface area contributed by atoms with Crippen LogP contribution in [-0.2, 0) is 0 Å². The minimum absolute atomic E-state index is 0.499. The maximum atomic E-state index is 9.34. The van der Waals surface area contributed by atoms with Crippen molar-refractivity contribution >= 4 is 33.0 Å². The number of nitrogens with zero attached hydrogens (tertiary/aromatic N) is 3. The molecule has 1 aliphatic heterocycles. The van der Waals surface area contributed by atoms with Gasteiger partial charge >= 0.3 is 0 Å². The van der Waals surface area contributed by atoms with E-state index in [9.17, 15) is 5.26 Å². The van der Waals surface area contributed by atoms with Crippen LogP contribution in [0.15, 0.2) is 64.1 Å². The number of nitriles is 1. The van der Waals surface area contributed by atoms with Gasteiger partial charge in [0, 0.05) is 4.91 Å². The maximum absolute atomic E-state index is 9.34. The summed E-state index contributed by atoms with van der Waals surface area (Å²) in [5.74, 6) is -0.499. The third-order valence-corrected chi connectivity index (χ3v) is 5.05. The van der Waals surface area contributed by atoms with Crippen molar-refractivity contribution in [3.63, 3.8) is 0 Å². The van der Waals surface area contributed by atoms with Crippen LogP contribution < -0.4 is 5.73 Å². The Morgan fingerprint density at radius 3 is 2.67 bits per heavy atom. The molecule has 0 saturated carbocycles. The van der Waals surface area contributed by atoms with Gasteiger partial charge in [0.15, 0.2) is 4.99 Å². The van der Waals surface area contributed by atoms with Crippen LogP contribution in [0, 0.1) is 17.2 Å². The van der Waals surface area contributed by atoms with Crippen molar-refractivity contribution in [1.82, 2.24) is 0 Å². The van der Waals surface area contributed by atoms with Crippen LogP contribution in [-0.4, -0.2) is 4.99 Å². The highest BCUT2D eigenvalue weighted by molar-refractivity contribution is 8.09. The molecule has 0 amide bonds. The first-order valence-electron chi connectivity index (χ1n) is 6.32. The zero-order valence-electron chi connectivity index (χ0n) is 11.0. The highest BCUT2D eigenvalue weighted by Gasteiger charge is 2.42. The van der Waals surface area contributed by atoms with Gasteiger partial charge in [-0.1, -0.05) is 42.1 Å². The smallest absolute Gasteiger partial charge is 0.200 e. The second kappa shape index (κ2) is 5.82. The Kier molecular flexibility index (Phi) is 3.88. The lowest BCUT2D eigenvalue weighted by Crippen LogP contribution is -2.37. The number of hydrogen-bond donors (Lipinski definition) is 1. The van der Waals surface area contributed by atoms with Crippen molar-refractivity contribution in [2.45, 2.75) is 4.99 Å². The van der Waals surface area contributed by atoms with E-state index < -0.39 is 10.9 Å². The van der Waals surface area contributed by atoms with E-state index in [0.29, 0.717) is 0 Å². The van der Waals surface area contributed by atoms with Crippen LogP contribution in [0.1, 0.15) is 5.56 Å². The molecular weight excluding hydrogens is 300 g/mol. The molecule has 2 unspecified atom stereocenters. The molecule has 0 radical (unpaired) electrons. The van der Waals surface area contributed by atoms with Crippen molar-refractivity contribution in [3.8, 4) is 6.07 Å². The van der Waals surface area contributed by atoms with Crippen LogP contribution >= 0.6 is 23.1 Å². The molecule has 1 aromatic carbocycles. The average molecular weight is 312 g/mol. The maximum Gasteiger partial charge on any atom is 0.200 e. The van der Waals surface area contributed by atoms with Gasteiger partial charge in [-0.15, -0.1) is 16.5 Å². The first-order valence-corrected chi connectivity index (χ1v) is 8.02. The Balaban J connectivity index is 1.86. The first kappa shape index (κ1) is 14.0. The van der Waals surface area contributed by atoms with Crippen molar-refractivity contribution in [2.75, 3.05) is 0 Å². The van der Waals surface area contributed by atoms with E-state index in [0.717, 1.165) is 15.5 Å². The van der Waals surface area contributed by atoms with Gasteiger partial charge in [-0.2, -0.15) is 10.4 Å². The van der Waals surface area contributed by atoms with E-state index in [1.54, 1.807) is 0 Å². The number of thiophene rings is 1. The van der Waals surface area contributed by atoms with Crippen molar-refractivity contribution in [1.29, 1.82) is 5.26 Å². The van der Waals surface area contributed by atoms with Crippen LogP contribution in [0.4, 0.5) is 5.00 Å². The molecule has 4 nitrogen and oxygen atoms in total. The van der Waals surface area contributed by atoms with E-state index in [1.165, 1.54) is 23.1 Å². The zero-order chi connectivity index (χ0) is 14.7. The van der Waals surface area contributed by atoms with Crippen LogP contribution in [0.3, 0.4) is 0 Å². The molecule has 3 rings (SSSR count). The Bertz CT molecular complexity index is 716. The molecule has 104 valence electrons. The van der Waals surface area contributed by atoms with E-state index in [-0.39, 0.29) is 0 Å². The molecule has 2 atom stereocenters. The minimum Gasteiger partial charge on any atom is -0.295 e. The van der Waals surface area contributed by atoms with E-state index in [2.05, 4.69) is 16.3 Å². The van der Waals surface area contributed by atoms with Crippen LogP contribution in [0.5, 0.6) is 0 Å². The zero-order valence-corrected chi connectivity index (χ0v) is 12.6. The quantitative estimate of drug-likeness (QED) is 0.855. The largest absolute Gasteiger partial charge is 0.295 e. The van der Waals surface area contributed by atoms with Gasteiger partial charge in [0.2, 0.25) is 0 Å². The number of nitrogens with two attached hydrogens (primary N) is 1. The summed E-state index contributed by atoms with van der Waals surface area (Å²) in [5.41, 5.74) is 7.33. The standard InChI is InChI=1S/C15H12N4S2/c16-10-12-9-13(11-5-2-1-3-6-11)21-15(12,17)19-18-14-7-4-8-20-14/h1-9,12H,17H2. The molecule has 1 aliphatic rings. The lowest BCUT2D eigenvalue weighted by atomic mass is 10.1. The lowest BCUT2D eigenvalue weighted by molar-refractivity contribution is 0.548. The van der Waals surface area contributed by atoms with Crippen molar-refractivity contribution < 1.29 is 0 Å². The summed E-state index contributed by atoms with van der Waals surface area (Å²) in [6.07, 6.45) is 1.87. The molecule has 6 heteroatoms. The van der Waals surface area contributed by atoms with Crippen LogP contribution in [0.2, 0.25) is 0 Å². The number of rotatable bonds is 3. The van der Waals surface area contributed by atoms with E-state index in [1.807, 2.05) is 53.9 Å². The van der Waals surface area contributed by atoms with Crippen LogP contribution in [0.25, 0.3) is 4.91 Å². The lowest BCUT2D eigenvalue weighted by Gasteiger charge is -2.19. The van der Waals surface area contributed by atoms with Gasteiger partial charge in [-0.05, 0) is 29.2 Å². The molecule has 0 saturated heterocycles. The first-order chi connectivity index (χ1) is 10.2. The summed E-state index contributed by atoms with van der Waals surface area (Å²) >= 11 is 2.87. The normalized spacial score (nSPS) is 25.0. The molecule has 0 bridgehead atoms. The topological polar surface area (TPSA) is 74.5 Å². The molecule has 0 aliphatic carbocycles. The number of thioether (sulfide) groups is 1. The SMILES string of the molecule is N#CC1C=C(c2ccccc2)SC1(N)N=Nc1cccs1. The number of hydrogen-bond acceptors (Lipinski definition) is 6. The van der Waals surface area contributed by atoms with Gasteiger partial charge in [-0.3, -0.25) is 5.73 Å². The third-order valence-electron chi connectivity index (χ3n) is 3.05. The van der Waals surface area contributed by atoms with Crippen molar-refractivity contribution in [3.05, 3.63) is 59.5 Å². The fraction of sp³-hybridized carbons (Fsp3) is 0.133. The fourth-order valence-corrected chi connectivity index (χ4v) is 3.65. The highest BCUT2D eigenvalue weighted by Crippen LogP contribution is 2.48. The third kappa shape index (κ3) is 2.90. The van der Waals surface area contributed by atoms with E-state index >= 15 is 0 Å². The Morgan fingerprint density at radius 2 is 2.00 bits per heavy atom. The second-order valence-corrected chi connectivity index (χ2v) is 6.73. The Labute approximate surface area is 131 Å². The molecule has 2 N–H and O–H groups in total. The Morgan fingerprint density at radius 1 is 1.19 bits per heavy atom. The molecule has 21 heavy (non-hydrogen) atoms. The second-order valence-electron chi connectivity index (χ2n) is 4.51. The van der Waals surface area contributed by atoms with Gasteiger partial charge in [0.25, 0.3) is 0 Å². The summed E-state index contributed by atoms with van der Waals surface area (Å²) in [4.78, 5) is -0.0982. The minimum atomic E-state index is -1.07. The van der Waals surface area contributed by atoms with Gasteiger partial charge in [-0.25, -0.2) is 0 Å². The summed E-state index contributed by atoms with van der Waals surface area (Å²) in [6.45, 7) is 0. The predicted molar refractivity (Wildman–Crippen MR) is 86.9 cm³/mol. The number of benzene rings is 1. The average Bonchev–Trinajstić information content (AvgIpc) is 3.14. The summed E-state index contributed by atoms with van der Waals surface area (Å²) in [5, 5.41) is 20.4. The molecule has 2 heterocycles. The molecular formula is C15H12N4S2. The summed E-state index contributed by atoms with van der Waals surface area (Å²) in [7, 11) is 0. The molecule has 2 aromatic rings. The van der Waals surface area contributed by atoms with Gasteiger partial charge in [0.05, 0.1) is 6.07 Å². The highest BCUT2D eigenvalue weighted by atomic mass is 32.2. The fourth-order valence-electron chi connectivity index (χ4n) is 1.97. The van der Waals surface area contributed by atoms with Crippen molar-refractivity contribution in [2.24, 2.45) is 21.9 Å². The van der Waals surface area contributed by atoms with E-state index in [4.69, 9.17) is 5.73 Å². The monoisotopic (exact) mass is 312 g/mol.